The molecule has 0 bridgehead atoms. The van der Waals surface area contributed by atoms with E-state index < -0.39 is 10.0 Å². The minimum atomic E-state index is -3.42. The fraction of sp³-hybridized carbons (Fsp3) is 0.381. The number of nitrogens with zero attached hydrogens (tertiary/aromatic N) is 1. The number of hydrogen-bond donors (Lipinski definition) is 1. The Balaban J connectivity index is 1.50. The lowest BCUT2D eigenvalue weighted by atomic mass is 10.1. The number of fused-ring (bicyclic) bond motifs is 1. The normalized spacial score (nSPS) is 12.6. The van der Waals surface area contributed by atoms with Crippen LogP contribution in [0, 0.1) is 0 Å². The maximum Gasteiger partial charge on any atom is 0.232 e. The van der Waals surface area contributed by atoms with Gasteiger partial charge in [-0.2, -0.15) is 0 Å². The van der Waals surface area contributed by atoms with Crippen molar-refractivity contribution in [1.82, 2.24) is 5.32 Å². The molecule has 8 heteroatoms. The van der Waals surface area contributed by atoms with Crippen molar-refractivity contribution < 1.29 is 22.7 Å². The lowest BCUT2D eigenvalue weighted by Gasteiger charge is -2.22. The smallest absolute Gasteiger partial charge is 0.232 e. The number of rotatable bonds is 9. The van der Waals surface area contributed by atoms with Crippen molar-refractivity contribution in [2.75, 3.05) is 23.9 Å². The lowest BCUT2D eigenvalue weighted by molar-refractivity contribution is -0.121. The van der Waals surface area contributed by atoms with E-state index in [0.29, 0.717) is 30.2 Å². The molecule has 3 rings (SSSR count). The van der Waals surface area contributed by atoms with Crippen molar-refractivity contribution in [1.29, 1.82) is 0 Å². The highest BCUT2D eigenvalue weighted by molar-refractivity contribution is 7.92. The third-order valence-corrected chi connectivity index (χ3v) is 5.92. The van der Waals surface area contributed by atoms with Crippen LogP contribution >= 0.6 is 0 Å². The Bertz CT molecular complexity index is 958. The van der Waals surface area contributed by atoms with Gasteiger partial charge in [0.15, 0.2) is 11.5 Å². The van der Waals surface area contributed by atoms with E-state index in [1.807, 2.05) is 37.3 Å². The van der Waals surface area contributed by atoms with Gasteiger partial charge in [-0.1, -0.05) is 25.1 Å². The van der Waals surface area contributed by atoms with Crippen LogP contribution in [-0.4, -0.2) is 33.9 Å². The SMILES string of the molecule is CCc1ccc(N(CCCC(=O)NCc2ccc3c(c2)OCO3)S(C)(=O)=O)cc1. The molecule has 0 radical (unpaired) electrons. The fourth-order valence-electron chi connectivity index (χ4n) is 3.11. The summed E-state index contributed by atoms with van der Waals surface area (Å²) in [7, 11) is -3.42. The molecule has 0 unspecified atom stereocenters. The number of carbonyl (C=O) groups is 1. The molecule has 7 nitrogen and oxygen atoms in total. The molecule has 0 saturated carbocycles. The Labute approximate surface area is 171 Å². The van der Waals surface area contributed by atoms with Crippen LogP contribution < -0.4 is 19.1 Å². The van der Waals surface area contributed by atoms with Crippen molar-refractivity contribution in [3.05, 3.63) is 53.6 Å². The van der Waals surface area contributed by atoms with Gasteiger partial charge in [0.25, 0.3) is 0 Å². The summed E-state index contributed by atoms with van der Waals surface area (Å²) in [5, 5.41) is 2.85. The molecule has 2 aromatic carbocycles. The predicted molar refractivity (Wildman–Crippen MR) is 112 cm³/mol. The third-order valence-electron chi connectivity index (χ3n) is 4.72. The maximum atomic E-state index is 12.2. The second-order valence-corrected chi connectivity index (χ2v) is 8.83. The number of sulfonamides is 1. The molecule has 156 valence electrons. The number of anilines is 1. The molecular weight excluding hydrogens is 392 g/mol. The minimum Gasteiger partial charge on any atom is -0.454 e. The Hall–Kier alpha value is -2.74. The largest absolute Gasteiger partial charge is 0.454 e. The van der Waals surface area contributed by atoms with E-state index >= 15 is 0 Å². The third kappa shape index (κ3) is 5.63. The molecule has 1 heterocycles. The van der Waals surface area contributed by atoms with Gasteiger partial charge in [-0.15, -0.1) is 0 Å². The van der Waals surface area contributed by atoms with Gasteiger partial charge in [-0.05, 0) is 48.2 Å². The molecule has 1 aliphatic heterocycles. The van der Waals surface area contributed by atoms with Crippen LogP contribution in [-0.2, 0) is 27.8 Å². The van der Waals surface area contributed by atoms with Gasteiger partial charge in [-0.3, -0.25) is 9.10 Å². The molecule has 0 fully saturated rings. The van der Waals surface area contributed by atoms with E-state index in [-0.39, 0.29) is 25.7 Å². The van der Waals surface area contributed by atoms with Crippen molar-refractivity contribution in [2.45, 2.75) is 32.7 Å². The number of benzene rings is 2. The summed E-state index contributed by atoms with van der Waals surface area (Å²) < 4.78 is 36.3. The van der Waals surface area contributed by atoms with Crippen LogP contribution in [0.25, 0.3) is 0 Å². The summed E-state index contributed by atoms with van der Waals surface area (Å²) in [6, 6.07) is 13.0. The van der Waals surface area contributed by atoms with Gasteiger partial charge < -0.3 is 14.8 Å². The number of nitrogens with one attached hydrogen (secondary N) is 1. The molecule has 0 spiro atoms. The van der Waals surface area contributed by atoms with Gasteiger partial charge in [0, 0.05) is 19.5 Å². The highest BCUT2D eigenvalue weighted by atomic mass is 32.2. The highest BCUT2D eigenvalue weighted by Crippen LogP contribution is 2.32. The number of ether oxygens (including phenoxy) is 2. The van der Waals surface area contributed by atoms with Gasteiger partial charge in [0.2, 0.25) is 22.7 Å². The van der Waals surface area contributed by atoms with E-state index in [9.17, 15) is 13.2 Å². The Morgan fingerprint density at radius 1 is 1.07 bits per heavy atom. The average molecular weight is 419 g/mol. The molecular formula is C21H26N2O5S. The molecule has 0 aromatic heterocycles. The zero-order valence-corrected chi connectivity index (χ0v) is 17.5. The molecule has 1 N–H and O–H groups in total. The van der Waals surface area contributed by atoms with E-state index in [1.54, 1.807) is 12.1 Å². The summed E-state index contributed by atoms with van der Waals surface area (Å²) >= 11 is 0. The highest BCUT2D eigenvalue weighted by Gasteiger charge is 2.18. The average Bonchev–Trinajstić information content (AvgIpc) is 3.17. The quantitative estimate of drug-likeness (QED) is 0.677. The lowest BCUT2D eigenvalue weighted by Crippen LogP contribution is -2.32. The molecule has 1 aliphatic rings. The predicted octanol–water partition coefficient (Wildman–Crippen LogP) is 2.84. The summed E-state index contributed by atoms with van der Waals surface area (Å²) in [5.74, 6) is 1.25. The van der Waals surface area contributed by atoms with Gasteiger partial charge in [-0.25, -0.2) is 8.42 Å². The molecule has 1 amide bonds. The van der Waals surface area contributed by atoms with Crippen LogP contribution in [0.5, 0.6) is 11.5 Å². The molecule has 0 aliphatic carbocycles. The number of amides is 1. The number of hydrogen-bond acceptors (Lipinski definition) is 5. The first-order chi connectivity index (χ1) is 13.9. The van der Waals surface area contributed by atoms with E-state index in [2.05, 4.69) is 5.32 Å². The van der Waals surface area contributed by atoms with Crippen molar-refractivity contribution in [2.24, 2.45) is 0 Å². The molecule has 2 aromatic rings. The first kappa shape index (κ1) is 21.0. The standard InChI is InChI=1S/C21H26N2O5S/c1-3-16-6-9-18(10-7-16)23(29(2,25)26)12-4-5-21(24)22-14-17-8-11-19-20(13-17)28-15-27-19/h6-11,13H,3-5,12,14-15H2,1-2H3,(H,22,24). The minimum absolute atomic E-state index is 0.127. The van der Waals surface area contributed by atoms with Crippen molar-refractivity contribution >= 4 is 21.6 Å². The summed E-state index contributed by atoms with van der Waals surface area (Å²) in [6.45, 7) is 2.89. The Morgan fingerprint density at radius 3 is 2.45 bits per heavy atom. The van der Waals surface area contributed by atoms with Crippen LogP contribution in [0.4, 0.5) is 5.69 Å². The second kappa shape index (κ2) is 9.17. The maximum absolute atomic E-state index is 12.2. The summed E-state index contributed by atoms with van der Waals surface area (Å²) in [6.07, 6.45) is 2.74. The number of aryl methyl sites for hydroxylation is 1. The van der Waals surface area contributed by atoms with E-state index in [1.165, 1.54) is 10.6 Å². The second-order valence-electron chi connectivity index (χ2n) is 6.92. The van der Waals surface area contributed by atoms with Crippen LogP contribution in [0.15, 0.2) is 42.5 Å². The Kier molecular flexibility index (Phi) is 6.64. The topological polar surface area (TPSA) is 84.9 Å². The molecule has 29 heavy (non-hydrogen) atoms. The Morgan fingerprint density at radius 2 is 1.76 bits per heavy atom. The zero-order valence-electron chi connectivity index (χ0n) is 16.7. The summed E-state index contributed by atoms with van der Waals surface area (Å²) in [5.41, 5.74) is 2.67. The van der Waals surface area contributed by atoms with Gasteiger partial charge in [0.05, 0.1) is 11.9 Å². The monoisotopic (exact) mass is 418 g/mol. The molecule has 0 saturated heterocycles. The first-order valence-electron chi connectivity index (χ1n) is 9.58. The van der Waals surface area contributed by atoms with Gasteiger partial charge >= 0.3 is 0 Å². The van der Waals surface area contributed by atoms with E-state index in [4.69, 9.17) is 9.47 Å². The fourth-order valence-corrected chi connectivity index (χ4v) is 4.07. The number of carbonyl (C=O) groups excluding carboxylic acids is 1. The van der Waals surface area contributed by atoms with Crippen LogP contribution in [0.3, 0.4) is 0 Å². The van der Waals surface area contributed by atoms with Crippen molar-refractivity contribution in [3.63, 3.8) is 0 Å². The van der Waals surface area contributed by atoms with Crippen LogP contribution in [0.1, 0.15) is 30.9 Å². The van der Waals surface area contributed by atoms with Gasteiger partial charge in [0.1, 0.15) is 0 Å². The zero-order chi connectivity index (χ0) is 20.9. The van der Waals surface area contributed by atoms with Crippen molar-refractivity contribution in [3.8, 4) is 11.5 Å². The van der Waals surface area contributed by atoms with Crippen LogP contribution in [0.2, 0.25) is 0 Å². The summed E-state index contributed by atoms with van der Waals surface area (Å²) in [4.78, 5) is 12.2. The first-order valence-corrected chi connectivity index (χ1v) is 11.4. The van der Waals surface area contributed by atoms with E-state index in [0.717, 1.165) is 17.5 Å². The molecule has 0 atom stereocenters.